The molecule has 9 heteroatoms. The highest BCUT2D eigenvalue weighted by atomic mass is 32.2. The molecule has 0 fully saturated rings. The lowest BCUT2D eigenvalue weighted by molar-refractivity contribution is 0.218. The fraction of sp³-hybridized carbons (Fsp3) is 0.182. The van der Waals surface area contributed by atoms with Crippen LogP contribution in [0.3, 0.4) is 0 Å². The molecule has 2 N–H and O–H groups in total. The molecule has 5 rings (SSSR count). The minimum absolute atomic E-state index is 0.670. The first-order valence-electron chi connectivity index (χ1n) is 9.70. The monoisotopic (exact) mass is 448 g/mol. The largest absolute Gasteiger partial charge is 0.397 e. The van der Waals surface area contributed by atoms with E-state index in [9.17, 15) is 0 Å². The molecule has 0 aliphatic carbocycles. The van der Waals surface area contributed by atoms with Crippen molar-refractivity contribution in [3.63, 3.8) is 0 Å². The Balaban J connectivity index is 1.71. The lowest BCUT2D eigenvalue weighted by Gasteiger charge is -2.09. The minimum Gasteiger partial charge on any atom is -0.397 e. The number of pyridine rings is 1. The molecule has 0 radical (unpaired) electrons. The van der Waals surface area contributed by atoms with Crippen LogP contribution in [-0.4, -0.2) is 44.2 Å². The molecule has 0 unspecified atom stereocenters. The second-order valence-electron chi connectivity index (χ2n) is 6.98. The lowest BCUT2D eigenvalue weighted by atomic mass is 10.0. The normalized spacial score (nSPS) is 11.5. The van der Waals surface area contributed by atoms with E-state index in [1.165, 1.54) is 0 Å². The topological polar surface area (TPSA) is 91.7 Å². The van der Waals surface area contributed by atoms with Crippen molar-refractivity contribution < 1.29 is 4.74 Å². The molecule has 0 aliphatic rings. The van der Waals surface area contributed by atoms with Crippen molar-refractivity contribution in [1.29, 1.82) is 0 Å². The van der Waals surface area contributed by atoms with Crippen LogP contribution in [-0.2, 0) is 11.8 Å². The van der Waals surface area contributed by atoms with Crippen LogP contribution in [0, 0.1) is 0 Å². The first kappa shape index (κ1) is 19.9. The maximum Gasteiger partial charge on any atom is 0.127 e. The number of aromatic nitrogens is 5. The van der Waals surface area contributed by atoms with Gasteiger partial charge in [-0.1, -0.05) is 6.07 Å². The van der Waals surface area contributed by atoms with Crippen LogP contribution in [0.4, 0.5) is 5.69 Å². The molecule has 1 aromatic carbocycles. The van der Waals surface area contributed by atoms with Crippen molar-refractivity contribution in [3.8, 4) is 22.5 Å². The third-order valence-corrected chi connectivity index (χ3v) is 7.40. The molecular weight excluding hydrogens is 428 g/mol. The summed E-state index contributed by atoms with van der Waals surface area (Å²) in [7, 11) is 3.64. The molecule has 0 aliphatic heterocycles. The van der Waals surface area contributed by atoms with Gasteiger partial charge in [0.15, 0.2) is 0 Å². The van der Waals surface area contributed by atoms with Crippen molar-refractivity contribution in [2.75, 3.05) is 25.2 Å². The third kappa shape index (κ3) is 3.65. The standard InChI is InChI=1S/C22H20N6OS2/c1-28-18(5-6-26-28)14-12-16(13-3-4-15-17(11-13)25-8-7-24-15)27-21-19(14)20(23)22(31-21)30-10-9-29-2/h3-8,11-12H,9-10,23H2,1-2H3. The number of hydrogen-bond acceptors (Lipinski definition) is 8. The van der Waals surface area contributed by atoms with Gasteiger partial charge in [-0.25, -0.2) is 4.98 Å². The number of rotatable bonds is 6. The van der Waals surface area contributed by atoms with Crippen LogP contribution in [0.2, 0.25) is 0 Å². The Kier molecular flexibility index (Phi) is 5.31. The number of methoxy groups -OCH3 is 1. The van der Waals surface area contributed by atoms with Crippen molar-refractivity contribution in [2.45, 2.75) is 4.21 Å². The summed E-state index contributed by atoms with van der Waals surface area (Å²) in [6.45, 7) is 0.670. The molecule has 0 amide bonds. The highest BCUT2D eigenvalue weighted by Gasteiger charge is 2.19. The van der Waals surface area contributed by atoms with Gasteiger partial charge in [-0.3, -0.25) is 14.6 Å². The first-order valence-corrected chi connectivity index (χ1v) is 11.5. The van der Waals surface area contributed by atoms with Crippen LogP contribution in [0.5, 0.6) is 0 Å². The van der Waals surface area contributed by atoms with Crippen molar-refractivity contribution >= 4 is 50.0 Å². The van der Waals surface area contributed by atoms with E-state index < -0.39 is 0 Å². The van der Waals surface area contributed by atoms with Gasteiger partial charge in [-0.2, -0.15) is 5.10 Å². The van der Waals surface area contributed by atoms with Gasteiger partial charge in [0.2, 0.25) is 0 Å². The summed E-state index contributed by atoms with van der Waals surface area (Å²) in [6, 6.07) is 10.1. The van der Waals surface area contributed by atoms with Crippen LogP contribution >= 0.6 is 23.1 Å². The van der Waals surface area contributed by atoms with Crippen molar-refractivity contribution in [2.24, 2.45) is 7.05 Å². The number of ether oxygens (including phenoxy) is 1. The number of nitrogen functional groups attached to an aromatic ring is 1. The zero-order valence-corrected chi connectivity index (χ0v) is 18.7. The summed E-state index contributed by atoms with van der Waals surface area (Å²) < 4.78 is 8.11. The minimum atomic E-state index is 0.670. The number of hydrogen-bond donors (Lipinski definition) is 1. The smallest absolute Gasteiger partial charge is 0.127 e. The summed E-state index contributed by atoms with van der Waals surface area (Å²) >= 11 is 3.32. The second-order valence-corrected chi connectivity index (χ2v) is 9.34. The Morgan fingerprint density at radius 1 is 1.10 bits per heavy atom. The van der Waals surface area contributed by atoms with E-state index in [2.05, 4.69) is 21.1 Å². The van der Waals surface area contributed by atoms with E-state index >= 15 is 0 Å². The lowest BCUT2D eigenvalue weighted by Crippen LogP contribution is -1.97. The van der Waals surface area contributed by atoms with Gasteiger partial charge in [0.25, 0.3) is 0 Å². The maximum atomic E-state index is 6.60. The third-order valence-electron chi connectivity index (χ3n) is 5.05. The number of anilines is 1. The Morgan fingerprint density at radius 3 is 2.71 bits per heavy atom. The number of fused-ring (bicyclic) bond motifs is 2. The Bertz CT molecular complexity index is 1390. The average Bonchev–Trinajstić information content (AvgIpc) is 3.36. The molecular formula is C22H20N6OS2. The maximum absolute atomic E-state index is 6.60. The summed E-state index contributed by atoms with van der Waals surface area (Å²) in [5, 5.41) is 5.33. The zero-order chi connectivity index (χ0) is 21.4. The molecule has 5 aromatic rings. The van der Waals surface area contributed by atoms with Crippen molar-refractivity contribution in [3.05, 3.63) is 48.9 Å². The van der Waals surface area contributed by atoms with Gasteiger partial charge in [0, 0.05) is 55.0 Å². The van der Waals surface area contributed by atoms with Gasteiger partial charge in [0.05, 0.1) is 38.9 Å². The van der Waals surface area contributed by atoms with Gasteiger partial charge >= 0.3 is 0 Å². The molecule has 0 saturated carbocycles. The summed E-state index contributed by atoms with van der Waals surface area (Å²) in [4.78, 5) is 14.7. The highest BCUT2D eigenvalue weighted by molar-refractivity contribution is 8.01. The van der Waals surface area contributed by atoms with E-state index in [4.69, 9.17) is 15.5 Å². The number of nitrogens with zero attached hydrogens (tertiary/aromatic N) is 5. The Morgan fingerprint density at radius 2 is 1.94 bits per heavy atom. The first-order chi connectivity index (χ1) is 15.2. The van der Waals surface area contributed by atoms with E-state index in [1.54, 1.807) is 48.8 Å². The zero-order valence-electron chi connectivity index (χ0n) is 17.1. The number of nitrogens with two attached hydrogens (primary N) is 1. The van der Waals surface area contributed by atoms with Crippen LogP contribution in [0.1, 0.15) is 0 Å². The molecule has 0 atom stereocenters. The second kappa shape index (κ2) is 8.26. The van der Waals surface area contributed by atoms with Gasteiger partial charge < -0.3 is 10.5 Å². The molecule has 4 heterocycles. The number of thioether (sulfide) groups is 1. The number of benzene rings is 1. The van der Waals surface area contributed by atoms with E-state index in [-0.39, 0.29) is 0 Å². The SMILES string of the molecule is COCCSc1sc2nc(-c3ccc4nccnc4c3)cc(-c3ccnn3C)c2c1N. The number of thiophene rings is 1. The van der Waals surface area contributed by atoms with E-state index in [1.807, 2.05) is 36.0 Å². The van der Waals surface area contributed by atoms with E-state index in [0.29, 0.717) is 6.61 Å². The van der Waals surface area contributed by atoms with Crippen LogP contribution in [0.25, 0.3) is 43.8 Å². The van der Waals surface area contributed by atoms with Gasteiger partial charge in [-0.05, 0) is 24.3 Å². The molecule has 31 heavy (non-hydrogen) atoms. The molecule has 0 bridgehead atoms. The Labute approximate surface area is 187 Å². The fourth-order valence-corrected chi connectivity index (χ4v) is 5.81. The van der Waals surface area contributed by atoms with Crippen LogP contribution in [0.15, 0.2) is 53.1 Å². The molecule has 0 saturated heterocycles. The predicted octanol–water partition coefficient (Wildman–Crippen LogP) is 4.63. The molecule has 156 valence electrons. The van der Waals surface area contributed by atoms with Crippen LogP contribution < -0.4 is 5.73 Å². The quantitative estimate of drug-likeness (QED) is 0.299. The Hall–Kier alpha value is -3.01. The summed E-state index contributed by atoms with van der Waals surface area (Å²) in [5.41, 5.74) is 12.9. The molecule has 4 aromatic heterocycles. The molecule has 7 nitrogen and oxygen atoms in total. The van der Waals surface area contributed by atoms with E-state index in [0.717, 1.165) is 59.4 Å². The average molecular weight is 449 g/mol. The summed E-state index contributed by atoms with van der Waals surface area (Å²) in [5.74, 6) is 0.838. The highest BCUT2D eigenvalue weighted by Crippen LogP contribution is 2.45. The summed E-state index contributed by atoms with van der Waals surface area (Å²) in [6.07, 6.45) is 5.20. The van der Waals surface area contributed by atoms with Gasteiger partial charge in [0.1, 0.15) is 4.83 Å². The van der Waals surface area contributed by atoms with Crippen molar-refractivity contribution in [1.82, 2.24) is 24.7 Å². The van der Waals surface area contributed by atoms with Gasteiger partial charge in [-0.15, -0.1) is 23.1 Å². The predicted molar refractivity (Wildman–Crippen MR) is 127 cm³/mol. The fourth-order valence-electron chi connectivity index (χ4n) is 3.54. The number of aryl methyl sites for hydroxylation is 1. The molecule has 0 spiro atoms.